The molecule has 9 heteroatoms. The highest BCUT2D eigenvalue weighted by Crippen LogP contribution is 2.27. The molecule has 0 spiro atoms. The number of carbonyl (C=O) groups excluding carboxylic acids is 1. The summed E-state index contributed by atoms with van der Waals surface area (Å²) in [5, 5.41) is 8.27. The van der Waals surface area contributed by atoms with Crippen LogP contribution >= 0.6 is 0 Å². The van der Waals surface area contributed by atoms with Crippen molar-refractivity contribution in [2.24, 2.45) is 12.8 Å². The van der Waals surface area contributed by atoms with Crippen LogP contribution in [-0.4, -0.2) is 30.2 Å². The zero-order chi connectivity index (χ0) is 21.4. The lowest BCUT2D eigenvalue weighted by atomic mass is 10.1. The summed E-state index contributed by atoms with van der Waals surface area (Å²) < 4.78 is 18.0. The van der Waals surface area contributed by atoms with Crippen molar-refractivity contribution in [1.29, 1.82) is 0 Å². The van der Waals surface area contributed by atoms with E-state index in [1.807, 2.05) is 45.3 Å². The summed E-state index contributed by atoms with van der Waals surface area (Å²) in [4.78, 5) is 19.4. The van der Waals surface area contributed by atoms with Crippen LogP contribution in [0.15, 0.2) is 42.9 Å². The average Bonchev–Trinajstić information content (AvgIpc) is 3.19. The highest BCUT2D eigenvalue weighted by Gasteiger charge is 2.15. The Morgan fingerprint density at radius 1 is 1.27 bits per heavy atom. The van der Waals surface area contributed by atoms with Gasteiger partial charge in [-0.1, -0.05) is 6.07 Å². The van der Waals surface area contributed by atoms with Crippen LogP contribution in [0.1, 0.15) is 16.8 Å². The van der Waals surface area contributed by atoms with Gasteiger partial charge in [-0.05, 0) is 43.2 Å². The quantitative estimate of drug-likeness (QED) is 0.497. The molecule has 3 aromatic heterocycles. The number of rotatable bonds is 5. The largest absolute Gasteiger partial charge is 0.366 e. The van der Waals surface area contributed by atoms with Crippen LogP contribution < -0.4 is 11.1 Å². The molecule has 4 aromatic rings. The molecule has 0 aliphatic carbocycles. The van der Waals surface area contributed by atoms with Crippen LogP contribution in [0, 0.1) is 19.7 Å². The van der Waals surface area contributed by atoms with Crippen molar-refractivity contribution in [1.82, 2.24) is 24.3 Å². The second-order valence-corrected chi connectivity index (χ2v) is 6.99. The van der Waals surface area contributed by atoms with E-state index in [0.717, 1.165) is 39.6 Å². The molecule has 4 rings (SSSR count). The Morgan fingerprint density at radius 2 is 2.07 bits per heavy atom. The first-order valence-electron chi connectivity index (χ1n) is 9.21. The van der Waals surface area contributed by atoms with Crippen molar-refractivity contribution in [3.63, 3.8) is 0 Å². The van der Waals surface area contributed by atoms with Gasteiger partial charge in [0.25, 0.3) is 0 Å². The lowest BCUT2D eigenvalue weighted by Crippen LogP contribution is -2.05. The molecule has 0 unspecified atom stereocenters. The van der Waals surface area contributed by atoms with Gasteiger partial charge >= 0.3 is 0 Å². The predicted octanol–water partition coefficient (Wildman–Crippen LogP) is 3.15. The van der Waals surface area contributed by atoms with Crippen LogP contribution in [0.2, 0.25) is 0 Å². The first kappa shape index (κ1) is 19.3. The average molecular weight is 405 g/mol. The molecule has 0 bridgehead atoms. The Hall–Kier alpha value is -4.01. The molecule has 0 atom stereocenters. The zero-order valence-electron chi connectivity index (χ0n) is 16.7. The molecule has 3 N–H and O–H groups in total. The molecule has 0 saturated carbocycles. The van der Waals surface area contributed by atoms with Crippen molar-refractivity contribution in [3.8, 4) is 5.82 Å². The number of anilines is 2. The first-order chi connectivity index (χ1) is 14.3. The number of hydrogen-bond donors (Lipinski definition) is 2. The molecule has 1 aromatic carbocycles. The van der Waals surface area contributed by atoms with Gasteiger partial charge in [0.15, 0.2) is 11.6 Å². The third kappa shape index (κ3) is 3.64. The van der Waals surface area contributed by atoms with Gasteiger partial charge in [0.1, 0.15) is 0 Å². The number of fused-ring (bicyclic) bond motifs is 1. The number of halogens is 1. The van der Waals surface area contributed by atoms with Crippen molar-refractivity contribution >= 4 is 34.5 Å². The maximum atomic E-state index is 14.7. The molecule has 1 amide bonds. The number of primary amides is 1. The Kier molecular flexibility index (Phi) is 4.78. The summed E-state index contributed by atoms with van der Waals surface area (Å²) in [6.07, 6.45) is 7.70. The zero-order valence-corrected chi connectivity index (χ0v) is 16.7. The highest BCUT2D eigenvalue weighted by molar-refractivity contribution is 5.92. The normalized spacial score (nSPS) is 11.5. The van der Waals surface area contributed by atoms with E-state index in [4.69, 9.17) is 5.73 Å². The number of benzene rings is 1. The fourth-order valence-electron chi connectivity index (χ4n) is 3.30. The van der Waals surface area contributed by atoms with Gasteiger partial charge in [0, 0.05) is 30.9 Å². The number of nitrogens with one attached hydrogen (secondary N) is 1. The van der Waals surface area contributed by atoms with E-state index < -0.39 is 11.7 Å². The van der Waals surface area contributed by atoms with E-state index in [0.29, 0.717) is 0 Å². The van der Waals surface area contributed by atoms with Gasteiger partial charge < -0.3 is 11.1 Å². The third-order valence-corrected chi connectivity index (χ3v) is 4.68. The SMILES string of the molecule is Cc1nn(C)cc1Nc1ncc(F)c(-n2cc(C)c3cc(C=CC(N)=O)ccc32)n1. The number of carbonyl (C=O) groups is 1. The van der Waals surface area contributed by atoms with Crippen molar-refractivity contribution < 1.29 is 9.18 Å². The lowest BCUT2D eigenvalue weighted by Gasteiger charge is -2.09. The molecule has 0 fully saturated rings. The molecule has 0 aliphatic rings. The summed E-state index contributed by atoms with van der Waals surface area (Å²) >= 11 is 0. The number of aromatic nitrogens is 5. The molecule has 152 valence electrons. The highest BCUT2D eigenvalue weighted by atomic mass is 19.1. The van der Waals surface area contributed by atoms with Crippen LogP contribution in [0.4, 0.5) is 16.0 Å². The number of nitrogens with two attached hydrogens (primary N) is 1. The Morgan fingerprint density at radius 3 is 2.77 bits per heavy atom. The molecule has 30 heavy (non-hydrogen) atoms. The summed E-state index contributed by atoms with van der Waals surface area (Å²) in [5.74, 6) is -0.662. The van der Waals surface area contributed by atoms with E-state index in [9.17, 15) is 9.18 Å². The minimum absolute atomic E-state index is 0.132. The van der Waals surface area contributed by atoms with E-state index in [2.05, 4.69) is 20.4 Å². The minimum atomic E-state index is -0.543. The van der Waals surface area contributed by atoms with Crippen LogP contribution in [0.5, 0.6) is 0 Å². The Bertz CT molecular complexity index is 1300. The smallest absolute Gasteiger partial charge is 0.241 e. The Balaban J connectivity index is 1.76. The lowest BCUT2D eigenvalue weighted by molar-refractivity contribution is -0.113. The van der Waals surface area contributed by atoms with Crippen molar-refractivity contribution in [2.45, 2.75) is 13.8 Å². The minimum Gasteiger partial charge on any atom is -0.366 e. The second-order valence-electron chi connectivity index (χ2n) is 6.99. The molecule has 0 saturated heterocycles. The molecule has 0 aliphatic heterocycles. The van der Waals surface area contributed by atoms with Gasteiger partial charge in [-0.15, -0.1) is 0 Å². The van der Waals surface area contributed by atoms with Crippen molar-refractivity contribution in [3.05, 3.63) is 65.5 Å². The van der Waals surface area contributed by atoms with Gasteiger partial charge in [0.05, 0.1) is 23.1 Å². The van der Waals surface area contributed by atoms with E-state index >= 15 is 0 Å². The molecular weight excluding hydrogens is 385 g/mol. The molecular formula is C21H20FN7O. The second kappa shape index (κ2) is 7.43. The molecule has 3 heterocycles. The molecule has 8 nitrogen and oxygen atoms in total. The fraction of sp³-hybridized carbons (Fsp3) is 0.143. The summed E-state index contributed by atoms with van der Waals surface area (Å²) in [5.41, 5.74) is 9.23. The molecule has 0 radical (unpaired) electrons. The van der Waals surface area contributed by atoms with Crippen molar-refractivity contribution in [2.75, 3.05) is 5.32 Å². The van der Waals surface area contributed by atoms with Crippen LogP contribution in [0.25, 0.3) is 22.8 Å². The number of amides is 1. The van der Waals surface area contributed by atoms with E-state index in [-0.39, 0.29) is 11.8 Å². The third-order valence-electron chi connectivity index (χ3n) is 4.68. The van der Waals surface area contributed by atoms with Crippen LogP contribution in [0.3, 0.4) is 0 Å². The standard InChI is InChI=1S/C21H20FN7O/c1-12-10-29(18-6-4-14(8-15(12)18)5-7-19(23)30)20-16(22)9-24-21(26-20)25-17-11-28(3)27-13(17)2/h4-11H,1-3H3,(H2,23,30)(H,24,25,26). The van der Waals surface area contributed by atoms with Gasteiger partial charge in [0.2, 0.25) is 11.9 Å². The van der Waals surface area contributed by atoms with Gasteiger partial charge in [-0.2, -0.15) is 10.1 Å². The predicted molar refractivity (Wildman–Crippen MR) is 113 cm³/mol. The topological polar surface area (TPSA) is 104 Å². The maximum absolute atomic E-state index is 14.7. The summed E-state index contributed by atoms with van der Waals surface area (Å²) in [6, 6.07) is 5.59. The van der Waals surface area contributed by atoms with E-state index in [1.54, 1.807) is 21.5 Å². The first-order valence-corrected chi connectivity index (χ1v) is 9.21. The Labute approximate surface area is 171 Å². The van der Waals surface area contributed by atoms with Gasteiger partial charge in [-0.25, -0.2) is 9.37 Å². The van der Waals surface area contributed by atoms with Gasteiger partial charge in [-0.3, -0.25) is 14.0 Å². The number of nitrogens with zero attached hydrogens (tertiary/aromatic N) is 5. The van der Waals surface area contributed by atoms with E-state index in [1.165, 1.54) is 6.08 Å². The summed E-state index contributed by atoms with van der Waals surface area (Å²) in [7, 11) is 1.82. The van der Waals surface area contributed by atoms with Crippen LogP contribution in [-0.2, 0) is 11.8 Å². The number of aryl methyl sites for hydroxylation is 3. The maximum Gasteiger partial charge on any atom is 0.241 e. The monoisotopic (exact) mass is 405 g/mol. The summed E-state index contributed by atoms with van der Waals surface area (Å²) in [6.45, 7) is 3.79. The fourth-order valence-corrected chi connectivity index (χ4v) is 3.30. The number of hydrogen-bond acceptors (Lipinski definition) is 5.